The quantitative estimate of drug-likeness (QED) is 0.620. The average molecular weight is 427 g/mol. The number of amides is 2. The third kappa shape index (κ3) is 4.29. The van der Waals surface area contributed by atoms with Crippen molar-refractivity contribution in [3.05, 3.63) is 0 Å². The molecular weight excluding hydrogens is 396 g/mol. The Morgan fingerprint density at radius 3 is 2.17 bits per heavy atom. The van der Waals surface area contributed by atoms with Gasteiger partial charge in [-0.3, -0.25) is 14.4 Å². The van der Waals surface area contributed by atoms with Gasteiger partial charge < -0.3 is 15.0 Å². The van der Waals surface area contributed by atoms with Gasteiger partial charge in [-0.25, -0.2) is 8.42 Å². The van der Waals surface area contributed by atoms with Gasteiger partial charge in [0.1, 0.15) is 6.54 Å². The molecule has 2 amide bonds. The summed E-state index contributed by atoms with van der Waals surface area (Å²) in [7, 11) is -1.57. The van der Waals surface area contributed by atoms with E-state index in [1.807, 2.05) is 0 Å². The number of likely N-dealkylation sites (N-methyl/N-ethyl adjacent to an activating group) is 1. The lowest BCUT2D eigenvalue weighted by Gasteiger charge is -2.55. The van der Waals surface area contributed by atoms with E-state index in [0.29, 0.717) is 24.2 Å². The first kappa shape index (κ1) is 20.6. The molecule has 9 heteroatoms. The number of nitrogens with zero attached hydrogens (tertiary/aromatic N) is 1. The maximum atomic E-state index is 12.8. The van der Waals surface area contributed by atoms with Gasteiger partial charge in [0.15, 0.2) is 16.4 Å². The number of ether oxygens (including phenoxy) is 1. The number of nitrogens with one attached hydrogen (secondary N) is 1. The molecule has 162 valence electrons. The molecule has 0 aromatic carbocycles. The van der Waals surface area contributed by atoms with Crippen molar-refractivity contribution < 1.29 is 27.5 Å². The van der Waals surface area contributed by atoms with Crippen molar-refractivity contribution in [3.8, 4) is 0 Å². The van der Waals surface area contributed by atoms with E-state index in [2.05, 4.69) is 5.32 Å². The van der Waals surface area contributed by atoms with Crippen LogP contribution in [0.15, 0.2) is 0 Å². The zero-order valence-corrected chi connectivity index (χ0v) is 17.7. The fourth-order valence-corrected chi connectivity index (χ4v) is 8.08. The van der Waals surface area contributed by atoms with E-state index in [-0.39, 0.29) is 35.4 Å². The Balaban J connectivity index is 1.21. The van der Waals surface area contributed by atoms with Crippen LogP contribution >= 0.6 is 0 Å². The highest BCUT2D eigenvalue weighted by Crippen LogP contribution is 2.60. The first-order chi connectivity index (χ1) is 13.7. The Kier molecular flexibility index (Phi) is 5.38. The molecule has 0 spiro atoms. The molecule has 5 rings (SSSR count). The van der Waals surface area contributed by atoms with Crippen LogP contribution in [-0.4, -0.2) is 68.8 Å². The van der Waals surface area contributed by atoms with Crippen LogP contribution in [0.1, 0.15) is 44.9 Å². The monoisotopic (exact) mass is 426 g/mol. The number of esters is 1. The summed E-state index contributed by atoms with van der Waals surface area (Å²) in [6, 6.07) is -0.373. The summed E-state index contributed by atoms with van der Waals surface area (Å²) in [6.45, 7) is -0.686. The topological polar surface area (TPSA) is 110 Å². The maximum absolute atomic E-state index is 12.8. The molecule has 4 bridgehead atoms. The predicted molar refractivity (Wildman–Crippen MR) is 104 cm³/mol. The van der Waals surface area contributed by atoms with Crippen molar-refractivity contribution >= 4 is 27.6 Å². The molecule has 29 heavy (non-hydrogen) atoms. The lowest BCUT2D eigenvalue weighted by molar-refractivity contribution is -0.154. The first-order valence-electron chi connectivity index (χ1n) is 10.6. The largest absolute Gasteiger partial charge is 0.454 e. The van der Waals surface area contributed by atoms with Gasteiger partial charge in [-0.15, -0.1) is 0 Å². The maximum Gasteiger partial charge on any atom is 0.325 e. The van der Waals surface area contributed by atoms with Gasteiger partial charge in [0.05, 0.1) is 11.5 Å². The molecule has 5 aliphatic rings. The van der Waals surface area contributed by atoms with Crippen LogP contribution < -0.4 is 5.32 Å². The van der Waals surface area contributed by atoms with Gasteiger partial charge in [0.25, 0.3) is 5.91 Å². The molecule has 0 radical (unpaired) electrons. The number of hydrogen-bond donors (Lipinski definition) is 1. The summed E-state index contributed by atoms with van der Waals surface area (Å²) < 4.78 is 28.1. The molecule has 0 unspecified atom stereocenters. The zero-order valence-electron chi connectivity index (χ0n) is 16.9. The number of carbonyl (C=O) groups is 3. The van der Waals surface area contributed by atoms with Crippen molar-refractivity contribution in [1.82, 2.24) is 10.2 Å². The van der Waals surface area contributed by atoms with Crippen LogP contribution in [0.25, 0.3) is 0 Å². The number of sulfone groups is 1. The van der Waals surface area contributed by atoms with E-state index in [4.69, 9.17) is 4.74 Å². The third-order valence-electron chi connectivity index (χ3n) is 7.42. The number of rotatable bonds is 6. The van der Waals surface area contributed by atoms with E-state index in [9.17, 15) is 22.8 Å². The second kappa shape index (κ2) is 7.56. The Hall–Kier alpha value is -1.64. The molecule has 0 aromatic heterocycles. The highest BCUT2D eigenvalue weighted by atomic mass is 32.2. The van der Waals surface area contributed by atoms with E-state index in [1.165, 1.54) is 31.2 Å². The van der Waals surface area contributed by atoms with Gasteiger partial charge in [0, 0.05) is 18.5 Å². The van der Waals surface area contributed by atoms with Gasteiger partial charge in [-0.2, -0.15) is 0 Å². The summed E-state index contributed by atoms with van der Waals surface area (Å²) in [6.07, 6.45) is 6.90. The van der Waals surface area contributed by atoms with Crippen molar-refractivity contribution in [1.29, 1.82) is 0 Å². The van der Waals surface area contributed by atoms with E-state index < -0.39 is 28.3 Å². The molecule has 1 N–H and O–H groups in total. The van der Waals surface area contributed by atoms with Gasteiger partial charge in [-0.1, -0.05) is 0 Å². The van der Waals surface area contributed by atoms with Crippen LogP contribution in [0, 0.1) is 23.2 Å². The van der Waals surface area contributed by atoms with Crippen molar-refractivity contribution in [2.24, 2.45) is 23.2 Å². The molecule has 1 heterocycles. The molecule has 4 aliphatic carbocycles. The van der Waals surface area contributed by atoms with E-state index in [0.717, 1.165) is 19.3 Å². The van der Waals surface area contributed by atoms with E-state index >= 15 is 0 Å². The standard InChI is InChI=1S/C20H30N2O6S/c1-22(16-2-3-29(26,27)12-16)17(23)11-28-18(24)10-21-19(25)20-7-13-4-14(8-20)6-15(5-13)9-20/h13-16H,2-12H2,1H3,(H,21,25)/t13?,14?,15?,16-,20?/m1/s1. The Labute approximate surface area is 171 Å². The van der Waals surface area contributed by atoms with Crippen LogP contribution in [0.4, 0.5) is 0 Å². The average Bonchev–Trinajstić information content (AvgIpc) is 3.02. The summed E-state index contributed by atoms with van der Waals surface area (Å²) in [4.78, 5) is 38.4. The Morgan fingerprint density at radius 1 is 1.07 bits per heavy atom. The zero-order chi connectivity index (χ0) is 20.8. The van der Waals surface area contributed by atoms with Crippen LogP contribution in [0.2, 0.25) is 0 Å². The predicted octanol–water partition coefficient (Wildman–Crippen LogP) is 0.508. The summed E-state index contributed by atoms with van der Waals surface area (Å²) >= 11 is 0. The molecule has 5 fully saturated rings. The first-order valence-corrected chi connectivity index (χ1v) is 12.4. The lowest BCUT2D eigenvalue weighted by atomic mass is 9.49. The smallest absolute Gasteiger partial charge is 0.325 e. The number of hydrogen-bond acceptors (Lipinski definition) is 6. The molecule has 1 saturated heterocycles. The minimum absolute atomic E-state index is 0.0480. The molecule has 8 nitrogen and oxygen atoms in total. The van der Waals surface area contributed by atoms with Crippen molar-refractivity contribution in [3.63, 3.8) is 0 Å². The van der Waals surface area contributed by atoms with Gasteiger partial charge in [0.2, 0.25) is 5.91 Å². The molecular formula is C20H30N2O6S. The molecule has 4 saturated carbocycles. The summed E-state index contributed by atoms with van der Waals surface area (Å²) in [5, 5.41) is 2.74. The Bertz CT molecular complexity index is 773. The molecule has 1 aliphatic heterocycles. The second-order valence-corrected chi connectivity index (χ2v) is 11.8. The van der Waals surface area contributed by atoms with Crippen molar-refractivity contribution in [2.45, 2.75) is 51.0 Å². The second-order valence-electron chi connectivity index (χ2n) is 9.60. The summed E-state index contributed by atoms with van der Waals surface area (Å²) in [5.74, 6) is 0.824. The normalized spacial score (nSPS) is 36.6. The van der Waals surface area contributed by atoms with Crippen LogP contribution in [0.5, 0.6) is 0 Å². The highest BCUT2D eigenvalue weighted by Gasteiger charge is 2.54. The minimum atomic E-state index is -3.09. The van der Waals surface area contributed by atoms with Gasteiger partial charge in [-0.05, 0) is 62.7 Å². The Morgan fingerprint density at radius 2 is 1.66 bits per heavy atom. The van der Waals surface area contributed by atoms with Crippen LogP contribution in [-0.2, 0) is 29.0 Å². The fraction of sp³-hybridized carbons (Fsp3) is 0.850. The molecule has 1 atom stereocenters. The third-order valence-corrected chi connectivity index (χ3v) is 9.17. The SMILES string of the molecule is CN(C(=O)COC(=O)CNC(=O)C12CC3CC(CC(C3)C1)C2)[C@@H]1CCS(=O)(=O)C1. The van der Waals surface area contributed by atoms with Crippen molar-refractivity contribution in [2.75, 3.05) is 31.7 Å². The number of carbonyl (C=O) groups excluding carboxylic acids is 3. The highest BCUT2D eigenvalue weighted by molar-refractivity contribution is 7.91. The van der Waals surface area contributed by atoms with Crippen LogP contribution in [0.3, 0.4) is 0 Å². The van der Waals surface area contributed by atoms with Gasteiger partial charge >= 0.3 is 5.97 Å². The lowest BCUT2D eigenvalue weighted by Crippen LogP contribution is -2.54. The molecule has 0 aromatic rings. The fourth-order valence-electron chi connectivity index (χ4n) is 6.31. The minimum Gasteiger partial charge on any atom is -0.454 e. The summed E-state index contributed by atoms with van der Waals surface area (Å²) in [5.41, 5.74) is -0.320. The van der Waals surface area contributed by atoms with E-state index in [1.54, 1.807) is 0 Å².